The normalized spacial score (nSPS) is 17.1. The van der Waals surface area contributed by atoms with Crippen molar-refractivity contribution < 1.29 is 0 Å². The number of hydrogen-bond acceptors (Lipinski definition) is 1. The van der Waals surface area contributed by atoms with E-state index in [9.17, 15) is 0 Å². The van der Waals surface area contributed by atoms with E-state index in [0.29, 0.717) is 5.92 Å². The summed E-state index contributed by atoms with van der Waals surface area (Å²) >= 11 is 0. The van der Waals surface area contributed by atoms with E-state index in [1.807, 2.05) is 6.20 Å². The second-order valence-electron chi connectivity index (χ2n) is 7.47. The molecule has 0 spiro atoms. The van der Waals surface area contributed by atoms with Crippen molar-refractivity contribution in [3.05, 3.63) is 72.1 Å². The number of aromatic nitrogens is 1. The molecule has 1 unspecified atom stereocenters. The van der Waals surface area contributed by atoms with E-state index in [1.165, 1.54) is 28.3 Å². The standard InChI is InChI=1S/C20H21N.C5H12/c1-3-4-7-16-11-10-15(2)14-19(16)20-18-9-6-5-8-17(18)12-13-21-20;1-4-5(2)3/h3-6,8-10,12-14,16H,7,11H2,1-2H3;5H,4H2,1-3H3. The highest BCUT2D eigenvalue weighted by atomic mass is 14.7. The van der Waals surface area contributed by atoms with E-state index in [1.54, 1.807) is 0 Å². The molecular formula is C25H33N. The van der Waals surface area contributed by atoms with Crippen molar-refractivity contribution >= 4 is 16.3 Å². The third-order valence-electron chi connectivity index (χ3n) is 4.97. The van der Waals surface area contributed by atoms with Gasteiger partial charge in [-0.3, -0.25) is 4.98 Å². The lowest BCUT2D eigenvalue weighted by Gasteiger charge is -2.22. The van der Waals surface area contributed by atoms with Crippen LogP contribution in [-0.2, 0) is 0 Å². The molecule has 0 amide bonds. The minimum Gasteiger partial charge on any atom is -0.256 e. The zero-order valence-corrected chi connectivity index (χ0v) is 17.0. The van der Waals surface area contributed by atoms with Gasteiger partial charge < -0.3 is 0 Å². The number of nitrogens with zero attached hydrogens (tertiary/aromatic N) is 1. The number of rotatable bonds is 4. The quantitative estimate of drug-likeness (QED) is 0.519. The van der Waals surface area contributed by atoms with Crippen molar-refractivity contribution in [2.75, 3.05) is 0 Å². The monoisotopic (exact) mass is 347 g/mol. The average molecular weight is 348 g/mol. The molecule has 1 aliphatic carbocycles. The molecule has 0 saturated carbocycles. The summed E-state index contributed by atoms with van der Waals surface area (Å²) in [5, 5.41) is 2.52. The van der Waals surface area contributed by atoms with E-state index in [2.05, 4.69) is 89.3 Å². The molecule has 1 aromatic heterocycles. The second kappa shape index (κ2) is 10.1. The van der Waals surface area contributed by atoms with E-state index in [4.69, 9.17) is 4.98 Å². The summed E-state index contributed by atoms with van der Waals surface area (Å²) in [6.07, 6.45) is 14.5. The van der Waals surface area contributed by atoms with Crippen LogP contribution in [0.4, 0.5) is 0 Å². The summed E-state index contributed by atoms with van der Waals surface area (Å²) in [6, 6.07) is 10.6. The van der Waals surface area contributed by atoms with Crippen LogP contribution < -0.4 is 0 Å². The van der Waals surface area contributed by atoms with Crippen molar-refractivity contribution in [2.24, 2.45) is 11.8 Å². The molecule has 138 valence electrons. The van der Waals surface area contributed by atoms with Gasteiger partial charge in [-0.2, -0.15) is 0 Å². The Kier molecular flexibility index (Phi) is 7.84. The first kappa shape index (κ1) is 20.2. The molecule has 0 fully saturated rings. The van der Waals surface area contributed by atoms with Gasteiger partial charge in [0.2, 0.25) is 0 Å². The Morgan fingerprint density at radius 2 is 1.92 bits per heavy atom. The maximum Gasteiger partial charge on any atom is 0.0743 e. The van der Waals surface area contributed by atoms with E-state index >= 15 is 0 Å². The Balaban J connectivity index is 0.000000431. The zero-order valence-electron chi connectivity index (χ0n) is 17.0. The Labute approximate surface area is 159 Å². The lowest BCUT2D eigenvalue weighted by molar-refractivity contribution is 0.626. The molecule has 1 heterocycles. The highest BCUT2D eigenvalue weighted by Gasteiger charge is 2.20. The lowest BCUT2D eigenvalue weighted by atomic mass is 9.83. The average Bonchev–Trinajstić information content (AvgIpc) is 2.67. The fraction of sp³-hybridized carbons (Fsp3) is 0.400. The second-order valence-corrected chi connectivity index (χ2v) is 7.47. The van der Waals surface area contributed by atoms with Crippen LogP contribution in [0, 0.1) is 11.8 Å². The van der Waals surface area contributed by atoms with Crippen molar-refractivity contribution in [1.29, 1.82) is 0 Å². The minimum atomic E-state index is 0.531. The molecule has 0 radical (unpaired) electrons. The predicted molar refractivity (Wildman–Crippen MR) is 116 cm³/mol. The van der Waals surface area contributed by atoms with E-state index in [-0.39, 0.29) is 0 Å². The predicted octanol–water partition coefficient (Wildman–Crippen LogP) is 7.60. The fourth-order valence-corrected chi connectivity index (χ4v) is 3.01. The van der Waals surface area contributed by atoms with Gasteiger partial charge in [0, 0.05) is 11.6 Å². The molecule has 0 aliphatic heterocycles. The van der Waals surface area contributed by atoms with Crippen LogP contribution >= 0.6 is 0 Å². The SMILES string of the molecule is CC=CCC1CC=C(C)C=C1c1nccc2ccccc12.CCC(C)C. The van der Waals surface area contributed by atoms with Crippen LogP contribution in [0.1, 0.15) is 59.6 Å². The summed E-state index contributed by atoms with van der Waals surface area (Å²) in [7, 11) is 0. The van der Waals surface area contributed by atoms with E-state index < -0.39 is 0 Å². The van der Waals surface area contributed by atoms with Gasteiger partial charge in [0.25, 0.3) is 0 Å². The topological polar surface area (TPSA) is 12.9 Å². The van der Waals surface area contributed by atoms with Gasteiger partial charge >= 0.3 is 0 Å². The first-order chi connectivity index (χ1) is 12.6. The fourth-order valence-electron chi connectivity index (χ4n) is 3.01. The molecule has 1 heteroatoms. The molecule has 2 aromatic rings. The molecule has 3 rings (SSSR count). The first-order valence-electron chi connectivity index (χ1n) is 9.90. The third-order valence-corrected chi connectivity index (χ3v) is 4.97. The van der Waals surface area contributed by atoms with Crippen LogP contribution in [0.3, 0.4) is 0 Å². The molecule has 1 aliphatic rings. The number of fused-ring (bicyclic) bond motifs is 1. The lowest BCUT2D eigenvalue weighted by Crippen LogP contribution is -2.08. The van der Waals surface area contributed by atoms with E-state index in [0.717, 1.165) is 24.5 Å². The first-order valence-corrected chi connectivity index (χ1v) is 9.90. The van der Waals surface area contributed by atoms with Crippen LogP contribution in [-0.4, -0.2) is 4.98 Å². The van der Waals surface area contributed by atoms with Gasteiger partial charge in [-0.1, -0.05) is 81.3 Å². The zero-order chi connectivity index (χ0) is 18.9. The molecule has 1 nitrogen and oxygen atoms in total. The van der Waals surface area contributed by atoms with Gasteiger partial charge in [0.05, 0.1) is 5.69 Å². The Morgan fingerprint density at radius 3 is 2.62 bits per heavy atom. The summed E-state index contributed by atoms with van der Waals surface area (Å²) in [5.74, 6) is 1.42. The van der Waals surface area contributed by atoms with Crippen LogP contribution in [0.25, 0.3) is 16.3 Å². The summed E-state index contributed by atoms with van der Waals surface area (Å²) in [6.45, 7) is 10.9. The van der Waals surface area contributed by atoms with Gasteiger partial charge in [0.1, 0.15) is 0 Å². The minimum absolute atomic E-state index is 0.531. The maximum atomic E-state index is 4.70. The summed E-state index contributed by atoms with van der Waals surface area (Å²) < 4.78 is 0. The van der Waals surface area contributed by atoms with Crippen LogP contribution in [0.5, 0.6) is 0 Å². The van der Waals surface area contributed by atoms with Crippen molar-refractivity contribution in [2.45, 2.75) is 53.9 Å². The Bertz CT molecular complexity index is 785. The summed E-state index contributed by atoms with van der Waals surface area (Å²) in [4.78, 5) is 4.70. The molecule has 1 aromatic carbocycles. The van der Waals surface area contributed by atoms with Crippen molar-refractivity contribution in [3.8, 4) is 0 Å². The van der Waals surface area contributed by atoms with Gasteiger partial charge in [-0.05, 0) is 55.6 Å². The molecule has 0 saturated heterocycles. The highest BCUT2D eigenvalue weighted by molar-refractivity contribution is 5.93. The number of allylic oxidation sites excluding steroid dienone is 6. The molecular weight excluding hydrogens is 314 g/mol. The third kappa shape index (κ3) is 5.42. The van der Waals surface area contributed by atoms with Gasteiger partial charge in [-0.25, -0.2) is 0 Å². The molecule has 26 heavy (non-hydrogen) atoms. The van der Waals surface area contributed by atoms with Crippen molar-refractivity contribution in [1.82, 2.24) is 4.98 Å². The largest absolute Gasteiger partial charge is 0.256 e. The molecule has 1 atom stereocenters. The Hall–Kier alpha value is -2.15. The maximum absolute atomic E-state index is 4.70. The number of benzene rings is 1. The van der Waals surface area contributed by atoms with Gasteiger partial charge in [-0.15, -0.1) is 0 Å². The Morgan fingerprint density at radius 1 is 1.19 bits per heavy atom. The molecule has 0 bridgehead atoms. The van der Waals surface area contributed by atoms with Crippen LogP contribution in [0.15, 0.2) is 66.4 Å². The highest BCUT2D eigenvalue weighted by Crippen LogP contribution is 2.36. The van der Waals surface area contributed by atoms with Gasteiger partial charge in [0.15, 0.2) is 0 Å². The van der Waals surface area contributed by atoms with Crippen LogP contribution in [0.2, 0.25) is 0 Å². The van der Waals surface area contributed by atoms with Crippen molar-refractivity contribution in [3.63, 3.8) is 0 Å². The molecule has 0 N–H and O–H groups in total. The number of pyridine rings is 1. The summed E-state index contributed by atoms with van der Waals surface area (Å²) in [5.41, 5.74) is 3.87. The smallest absolute Gasteiger partial charge is 0.0743 e. The number of hydrogen-bond donors (Lipinski definition) is 0.